The third-order valence-corrected chi connectivity index (χ3v) is 3.48. The monoisotopic (exact) mass is 304 g/mol. The standard InChI is InChI=1S/C16H17FN2OS/c1-10(11-3-6-13(20-2)7-4-11)19-15-8-5-12(16(18)21)9-14(15)17/h3-10,19H,1-2H3,(H2,18,21). The van der Waals surface area contributed by atoms with E-state index in [2.05, 4.69) is 5.32 Å². The Bertz CT molecular complexity index is 643. The Hall–Kier alpha value is -2.14. The summed E-state index contributed by atoms with van der Waals surface area (Å²) in [4.78, 5) is 0.184. The van der Waals surface area contributed by atoms with Gasteiger partial charge >= 0.3 is 0 Å². The van der Waals surface area contributed by atoms with E-state index in [9.17, 15) is 4.39 Å². The molecule has 2 aromatic carbocycles. The highest BCUT2D eigenvalue weighted by Crippen LogP contribution is 2.24. The molecule has 110 valence electrons. The van der Waals surface area contributed by atoms with Crippen LogP contribution < -0.4 is 15.8 Å². The van der Waals surface area contributed by atoms with Crippen molar-refractivity contribution in [3.63, 3.8) is 0 Å². The smallest absolute Gasteiger partial charge is 0.147 e. The Morgan fingerprint density at radius 1 is 1.24 bits per heavy atom. The van der Waals surface area contributed by atoms with Crippen LogP contribution in [-0.4, -0.2) is 12.1 Å². The van der Waals surface area contributed by atoms with Crippen molar-refractivity contribution in [3.05, 3.63) is 59.4 Å². The van der Waals surface area contributed by atoms with Crippen molar-refractivity contribution < 1.29 is 9.13 Å². The third kappa shape index (κ3) is 3.70. The number of halogens is 1. The predicted octanol–water partition coefficient (Wildman–Crippen LogP) is 3.64. The first-order chi connectivity index (χ1) is 10.0. The first-order valence-corrected chi connectivity index (χ1v) is 6.92. The Kier molecular flexibility index (Phi) is 4.75. The van der Waals surface area contributed by atoms with Crippen LogP contribution in [0.2, 0.25) is 0 Å². The predicted molar refractivity (Wildman–Crippen MR) is 87.3 cm³/mol. The topological polar surface area (TPSA) is 47.3 Å². The van der Waals surface area contributed by atoms with Crippen LogP contribution in [0.5, 0.6) is 5.75 Å². The molecule has 3 nitrogen and oxygen atoms in total. The molecule has 0 aliphatic carbocycles. The van der Waals surface area contributed by atoms with Gasteiger partial charge in [-0.1, -0.05) is 24.4 Å². The fourth-order valence-corrected chi connectivity index (χ4v) is 2.12. The summed E-state index contributed by atoms with van der Waals surface area (Å²) in [6.45, 7) is 1.96. The second-order valence-electron chi connectivity index (χ2n) is 4.70. The Morgan fingerprint density at radius 3 is 2.43 bits per heavy atom. The lowest BCUT2D eigenvalue weighted by Gasteiger charge is -2.17. The fraction of sp³-hybridized carbons (Fsp3) is 0.188. The number of anilines is 1. The second kappa shape index (κ2) is 6.54. The number of nitrogens with two attached hydrogens (primary N) is 1. The normalized spacial score (nSPS) is 11.8. The summed E-state index contributed by atoms with van der Waals surface area (Å²) in [6.07, 6.45) is 0. The van der Waals surface area contributed by atoms with Gasteiger partial charge in [-0.15, -0.1) is 0 Å². The summed E-state index contributed by atoms with van der Waals surface area (Å²) in [5.41, 5.74) is 7.45. The molecule has 21 heavy (non-hydrogen) atoms. The van der Waals surface area contributed by atoms with Gasteiger partial charge in [-0.05, 0) is 42.8 Å². The van der Waals surface area contributed by atoms with Gasteiger partial charge in [0.1, 0.15) is 16.6 Å². The van der Waals surface area contributed by atoms with Crippen molar-refractivity contribution in [2.75, 3.05) is 12.4 Å². The van der Waals surface area contributed by atoms with Crippen molar-refractivity contribution in [2.24, 2.45) is 5.73 Å². The molecule has 0 saturated carbocycles. The van der Waals surface area contributed by atoms with Crippen molar-refractivity contribution in [2.45, 2.75) is 13.0 Å². The number of rotatable bonds is 5. The molecule has 0 radical (unpaired) electrons. The van der Waals surface area contributed by atoms with E-state index in [0.717, 1.165) is 11.3 Å². The minimum atomic E-state index is -0.374. The molecule has 0 aliphatic heterocycles. The van der Waals surface area contributed by atoms with E-state index in [1.54, 1.807) is 19.2 Å². The van der Waals surface area contributed by atoms with E-state index in [0.29, 0.717) is 11.3 Å². The molecule has 1 unspecified atom stereocenters. The molecule has 0 fully saturated rings. The molecule has 2 rings (SSSR count). The Labute approximate surface area is 128 Å². The van der Waals surface area contributed by atoms with Crippen molar-refractivity contribution in [1.29, 1.82) is 0 Å². The van der Waals surface area contributed by atoms with Gasteiger partial charge in [0, 0.05) is 11.6 Å². The lowest BCUT2D eigenvalue weighted by atomic mass is 10.1. The fourth-order valence-electron chi connectivity index (χ4n) is 1.99. The highest BCUT2D eigenvalue weighted by Gasteiger charge is 2.10. The molecule has 1 atom stereocenters. The molecule has 2 aromatic rings. The molecular formula is C16H17FN2OS. The minimum Gasteiger partial charge on any atom is -0.497 e. The van der Waals surface area contributed by atoms with Gasteiger partial charge in [0.25, 0.3) is 0 Å². The van der Waals surface area contributed by atoms with E-state index in [-0.39, 0.29) is 16.8 Å². The largest absolute Gasteiger partial charge is 0.497 e. The van der Waals surface area contributed by atoms with Gasteiger partial charge < -0.3 is 15.8 Å². The SMILES string of the molecule is COc1ccc(C(C)Nc2ccc(C(N)=S)cc2F)cc1. The molecule has 0 saturated heterocycles. The summed E-state index contributed by atoms with van der Waals surface area (Å²) in [5.74, 6) is 0.415. The Morgan fingerprint density at radius 2 is 1.90 bits per heavy atom. The summed E-state index contributed by atoms with van der Waals surface area (Å²) in [5, 5.41) is 3.13. The number of ether oxygens (including phenoxy) is 1. The van der Waals surface area contributed by atoms with Crippen LogP contribution in [-0.2, 0) is 0 Å². The maximum Gasteiger partial charge on any atom is 0.147 e. The zero-order valence-electron chi connectivity index (χ0n) is 11.9. The summed E-state index contributed by atoms with van der Waals surface area (Å²) >= 11 is 4.83. The lowest BCUT2D eigenvalue weighted by Crippen LogP contribution is -2.11. The number of methoxy groups -OCH3 is 1. The molecule has 0 amide bonds. The van der Waals surface area contributed by atoms with Crippen LogP contribution in [0, 0.1) is 5.82 Å². The molecule has 5 heteroatoms. The van der Waals surface area contributed by atoms with E-state index in [4.69, 9.17) is 22.7 Å². The van der Waals surface area contributed by atoms with Gasteiger partial charge in [0.2, 0.25) is 0 Å². The minimum absolute atomic E-state index is 0.0407. The Balaban J connectivity index is 2.14. The van der Waals surface area contributed by atoms with E-state index in [1.807, 2.05) is 31.2 Å². The molecule has 0 aliphatic rings. The number of hydrogen-bond acceptors (Lipinski definition) is 3. The summed E-state index contributed by atoms with van der Waals surface area (Å²) in [7, 11) is 1.62. The molecule has 3 N–H and O–H groups in total. The average Bonchev–Trinajstić information content (AvgIpc) is 2.49. The highest BCUT2D eigenvalue weighted by molar-refractivity contribution is 7.80. The first kappa shape index (κ1) is 15.3. The van der Waals surface area contributed by atoms with E-state index in [1.165, 1.54) is 6.07 Å². The van der Waals surface area contributed by atoms with Crippen LogP contribution in [0.3, 0.4) is 0 Å². The lowest BCUT2D eigenvalue weighted by molar-refractivity contribution is 0.414. The highest BCUT2D eigenvalue weighted by atomic mass is 32.1. The van der Waals surface area contributed by atoms with Gasteiger partial charge in [0.15, 0.2) is 0 Å². The zero-order chi connectivity index (χ0) is 15.4. The maximum atomic E-state index is 14.0. The summed E-state index contributed by atoms with van der Waals surface area (Å²) in [6, 6.07) is 12.3. The van der Waals surface area contributed by atoms with Gasteiger partial charge in [-0.2, -0.15) is 0 Å². The first-order valence-electron chi connectivity index (χ1n) is 6.51. The van der Waals surface area contributed by atoms with Crippen molar-refractivity contribution in [3.8, 4) is 5.75 Å². The number of thiocarbonyl (C=S) groups is 1. The number of hydrogen-bond donors (Lipinski definition) is 2. The van der Waals surface area contributed by atoms with Crippen LogP contribution in [0.4, 0.5) is 10.1 Å². The van der Waals surface area contributed by atoms with Gasteiger partial charge in [0.05, 0.1) is 12.8 Å². The van der Waals surface area contributed by atoms with Crippen molar-refractivity contribution in [1.82, 2.24) is 0 Å². The van der Waals surface area contributed by atoms with E-state index < -0.39 is 0 Å². The average molecular weight is 304 g/mol. The third-order valence-electron chi connectivity index (χ3n) is 3.24. The number of benzene rings is 2. The van der Waals surface area contributed by atoms with Crippen LogP contribution >= 0.6 is 12.2 Å². The molecule has 0 heterocycles. The van der Waals surface area contributed by atoms with Gasteiger partial charge in [-0.3, -0.25) is 0 Å². The van der Waals surface area contributed by atoms with Crippen LogP contribution in [0.25, 0.3) is 0 Å². The maximum absolute atomic E-state index is 14.0. The zero-order valence-corrected chi connectivity index (χ0v) is 12.7. The number of nitrogens with one attached hydrogen (secondary N) is 1. The molecular weight excluding hydrogens is 287 g/mol. The summed E-state index contributed by atoms with van der Waals surface area (Å²) < 4.78 is 19.1. The van der Waals surface area contributed by atoms with Crippen LogP contribution in [0.1, 0.15) is 24.1 Å². The molecule has 0 spiro atoms. The second-order valence-corrected chi connectivity index (χ2v) is 5.14. The van der Waals surface area contributed by atoms with Crippen molar-refractivity contribution >= 4 is 22.9 Å². The molecule has 0 bridgehead atoms. The van der Waals surface area contributed by atoms with Gasteiger partial charge in [-0.25, -0.2) is 4.39 Å². The van der Waals surface area contributed by atoms with E-state index >= 15 is 0 Å². The molecule has 0 aromatic heterocycles. The quantitative estimate of drug-likeness (QED) is 0.828. The van der Waals surface area contributed by atoms with Crippen LogP contribution in [0.15, 0.2) is 42.5 Å².